The number of aromatic nitrogens is 1. The third-order valence-electron chi connectivity index (χ3n) is 4.08. The van der Waals surface area contributed by atoms with E-state index in [2.05, 4.69) is 10.3 Å². The molecule has 4 nitrogen and oxygen atoms in total. The molecule has 0 atom stereocenters. The molecule has 23 heavy (non-hydrogen) atoms. The number of rotatable bonds is 4. The quantitative estimate of drug-likeness (QED) is 0.852. The van der Waals surface area contributed by atoms with Gasteiger partial charge in [0.1, 0.15) is 5.82 Å². The first-order chi connectivity index (χ1) is 11.1. The van der Waals surface area contributed by atoms with E-state index in [1.165, 1.54) is 0 Å². The van der Waals surface area contributed by atoms with Crippen LogP contribution in [0.4, 0.5) is 11.5 Å². The molecule has 122 valence electrons. The summed E-state index contributed by atoms with van der Waals surface area (Å²) >= 11 is 12.6. The van der Waals surface area contributed by atoms with E-state index >= 15 is 0 Å². The van der Waals surface area contributed by atoms with Crippen molar-refractivity contribution in [3.05, 3.63) is 40.5 Å². The largest absolute Gasteiger partial charge is 0.384 e. The molecule has 1 fully saturated rings. The Hall–Kier alpha value is -1.49. The van der Waals surface area contributed by atoms with Crippen molar-refractivity contribution < 1.29 is 4.74 Å². The molecule has 0 bridgehead atoms. The SMILES string of the molecule is Nc1cc(-c2ccc(Cl)c(NCC3CCOCC3)c2)c(Cl)cn1. The minimum absolute atomic E-state index is 0.441. The van der Waals surface area contributed by atoms with Crippen molar-refractivity contribution >= 4 is 34.7 Å². The fourth-order valence-electron chi connectivity index (χ4n) is 2.71. The number of nitrogens with one attached hydrogen (secondary N) is 1. The van der Waals surface area contributed by atoms with Crippen LogP contribution in [0.3, 0.4) is 0 Å². The van der Waals surface area contributed by atoms with Crippen LogP contribution < -0.4 is 11.1 Å². The Morgan fingerprint density at radius 1 is 1.17 bits per heavy atom. The maximum atomic E-state index is 6.32. The summed E-state index contributed by atoms with van der Waals surface area (Å²) in [4.78, 5) is 3.99. The lowest BCUT2D eigenvalue weighted by molar-refractivity contribution is 0.0699. The highest BCUT2D eigenvalue weighted by atomic mass is 35.5. The van der Waals surface area contributed by atoms with Crippen molar-refractivity contribution in [3.63, 3.8) is 0 Å². The standard InChI is InChI=1S/C17H19Cl2N3O/c18-14-2-1-12(13-8-17(20)22-10-15(13)19)7-16(14)21-9-11-3-5-23-6-4-11/h1-2,7-8,10-11,21H,3-6,9H2,(H2,20,22). The molecule has 0 unspecified atom stereocenters. The predicted molar refractivity (Wildman–Crippen MR) is 96.1 cm³/mol. The summed E-state index contributed by atoms with van der Waals surface area (Å²) in [6, 6.07) is 7.58. The zero-order valence-electron chi connectivity index (χ0n) is 12.7. The molecular weight excluding hydrogens is 333 g/mol. The summed E-state index contributed by atoms with van der Waals surface area (Å²) in [6.45, 7) is 2.57. The van der Waals surface area contributed by atoms with Gasteiger partial charge in [-0.2, -0.15) is 0 Å². The number of nitrogens with two attached hydrogens (primary N) is 1. The highest BCUT2D eigenvalue weighted by molar-refractivity contribution is 6.34. The third-order valence-corrected chi connectivity index (χ3v) is 4.71. The highest BCUT2D eigenvalue weighted by Crippen LogP contribution is 2.33. The van der Waals surface area contributed by atoms with E-state index in [1.54, 1.807) is 12.3 Å². The lowest BCUT2D eigenvalue weighted by Crippen LogP contribution is -2.22. The van der Waals surface area contributed by atoms with Crippen molar-refractivity contribution in [1.82, 2.24) is 4.98 Å². The van der Waals surface area contributed by atoms with Gasteiger partial charge >= 0.3 is 0 Å². The number of ether oxygens (including phenoxy) is 1. The van der Waals surface area contributed by atoms with Gasteiger partial charge in [-0.25, -0.2) is 4.98 Å². The predicted octanol–water partition coefficient (Wildman–Crippen LogP) is 4.48. The van der Waals surface area contributed by atoms with Gasteiger partial charge in [-0.15, -0.1) is 0 Å². The van der Waals surface area contributed by atoms with Gasteiger partial charge < -0.3 is 15.8 Å². The average molecular weight is 352 g/mol. The first kappa shape index (κ1) is 16.4. The molecule has 1 aromatic carbocycles. The second-order valence-corrected chi connectivity index (χ2v) is 6.53. The van der Waals surface area contributed by atoms with E-state index in [1.807, 2.05) is 18.2 Å². The van der Waals surface area contributed by atoms with Gasteiger partial charge in [0.05, 0.1) is 15.7 Å². The zero-order chi connectivity index (χ0) is 16.2. The third kappa shape index (κ3) is 4.08. The Kier molecular flexibility index (Phi) is 5.26. The fraction of sp³-hybridized carbons (Fsp3) is 0.353. The number of pyridine rings is 1. The number of benzene rings is 1. The van der Waals surface area contributed by atoms with E-state index in [0.29, 0.717) is 21.8 Å². The Morgan fingerprint density at radius 2 is 1.96 bits per heavy atom. The van der Waals surface area contributed by atoms with Crippen LogP contribution in [0.5, 0.6) is 0 Å². The first-order valence-corrected chi connectivity index (χ1v) is 8.41. The van der Waals surface area contributed by atoms with Crippen molar-refractivity contribution in [2.24, 2.45) is 5.92 Å². The summed E-state index contributed by atoms with van der Waals surface area (Å²) < 4.78 is 5.39. The number of nitrogens with zero attached hydrogens (tertiary/aromatic N) is 1. The van der Waals surface area contributed by atoms with Gasteiger partial charge in [0.15, 0.2) is 0 Å². The fourth-order valence-corrected chi connectivity index (χ4v) is 3.11. The number of nitrogen functional groups attached to an aromatic ring is 1. The molecule has 6 heteroatoms. The molecule has 1 aliphatic rings. The van der Waals surface area contributed by atoms with Gasteiger partial charge in [0.25, 0.3) is 0 Å². The van der Waals surface area contributed by atoms with Crippen LogP contribution in [-0.2, 0) is 4.74 Å². The van der Waals surface area contributed by atoms with Crippen molar-refractivity contribution in [3.8, 4) is 11.1 Å². The topological polar surface area (TPSA) is 60.2 Å². The van der Waals surface area contributed by atoms with E-state index in [-0.39, 0.29) is 0 Å². The van der Waals surface area contributed by atoms with E-state index in [4.69, 9.17) is 33.7 Å². The molecule has 0 spiro atoms. The van der Waals surface area contributed by atoms with Gasteiger partial charge in [0, 0.05) is 31.5 Å². The second-order valence-electron chi connectivity index (χ2n) is 5.72. The molecule has 1 aliphatic heterocycles. The minimum atomic E-state index is 0.441. The molecule has 0 saturated carbocycles. The number of anilines is 2. The lowest BCUT2D eigenvalue weighted by Gasteiger charge is -2.23. The van der Waals surface area contributed by atoms with Gasteiger partial charge in [-0.3, -0.25) is 0 Å². The number of hydrogen-bond acceptors (Lipinski definition) is 4. The normalized spacial score (nSPS) is 15.6. The van der Waals surface area contributed by atoms with E-state index in [0.717, 1.165) is 49.4 Å². The van der Waals surface area contributed by atoms with Gasteiger partial charge in [-0.1, -0.05) is 29.3 Å². The molecule has 3 rings (SSSR count). The molecule has 0 amide bonds. The molecule has 2 aromatic rings. The Balaban J connectivity index is 1.79. The van der Waals surface area contributed by atoms with Crippen molar-refractivity contribution in [1.29, 1.82) is 0 Å². The summed E-state index contributed by atoms with van der Waals surface area (Å²) in [7, 11) is 0. The Bertz CT molecular complexity index is 688. The molecule has 3 N–H and O–H groups in total. The molecule has 2 heterocycles. The van der Waals surface area contributed by atoms with Crippen molar-refractivity contribution in [2.45, 2.75) is 12.8 Å². The maximum Gasteiger partial charge on any atom is 0.124 e. The summed E-state index contributed by atoms with van der Waals surface area (Å²) in [5, 5.41) is 4.71. The summed E-state index contributed by atoms with van der Waals surface area (Å²) in [5.41, 5.74) is 8.48. The van der Waals surface area contributed by atoms with Gasteiger partial charge in [-0.05, 0) is 42.5 Å². The number of hydrogen-bond donors (Lipinski definition) is 2. The number of halogens is 2. The molecule has 1 saturated heterocycles. The average Bonchev–Trinajstić information content (AvgIpc) is 2.57. The van der Waals surface area contributed by atoms with Crippen LogP contribution in [0, 0.1) is 5.92 Å². The van der Waals surface area contributed by atoms with E-state index in [9.17, 15) is 0 Å². The maximum absolute atomic E-state index is 6.32. The highest BCUT2D eigenvalue weighted by Gasteiger charge is 2.14. The molecular formula is C17H19Cl2N3O. The van der Waals surface area contributed by atoms with Crippen LogP contribution in [-0.4, -0.2) is 24.7 Å². The monoisotopic (exact) mass is 351 g/mol. The van der Waals surface area contributed by atoms with Crippen LogP contribution in [0.15, 0.2) is 30.5 Å². The van der Waals surface area contributed by atoms with Crippen LogP contribution in [0.2, 0.25) is 10.0 Å². The minimum Gasteiger partial charge on any atom is -0.384 e. The van der Waals surface area contributed by atoms with Crippen LogP contribution in [0.25, 0.3) is 11.1 Å². The van der Waals surface area contributed by atoms with Crippen LogP contribution >= 0.6 is 23.2 Å². The van der Waals surface area contributed by atoms with Gasteiger partial charge in [0.2, 0.25) is 0 Å². The summed E-state index contributed by atoms with van der Waals surface area (Å²) in [5.74, 6) is 1.06. The lowest BCUT2D eigenvalue weighted by atomic mass is 10.00. The zero-order valence-corrected chi connectivity index (χ0v) is 14.2. The van der Waals surface area contributed by atoms with Crippen molar-refractivity contribution in [2.75, 3.05) is 30.8 Å². The first-order valence-electron chi connectivity index (χ1n) is 7.66. The smallest absolute Gasteiger partial charge is 0.124 e. The molecule has 0 aliphatic carbocycles. The van der Waals surface area contributed by atoms with E-state index < -0.39 is 0 Å². The summed E-state index contributed by atoms with van der Waals surface area (Å²) in [6.07, 6.45) is 3.73. The molecule has 1 aromatic heterocycles. The molecule has 0 radical (unpaired) electrons. The Morgan fingerprint density at radius 3 is 2.74 bits per heavy atom. The second kappa shape index (κ2) is 7.39. The Labute approximate surface area is 146 Å². The van der Waals surface area contributed by atoms with Crippen LogP contribution in [0.1, 0.15) is 12.8 Å².